The molecule has 44 heavy (non-hydrogen) atoms. The summed E-state index contributed by atoms with van der Waals surface area (Å²) >= 11 is 13.9. The summed E-state index contributed by atoms with van der Waals surface area (Å²) in [4.78, 5) is 14.9. The Morgan fingerprint density at radius 2 is 1.80 bits per heavy atom. The lowest BCUT2D eigenvalue weighted by Crippen LogP contribution is -2.28. The summed E-state index contributed by atoms with van der Waals surface area (Å²) in [5.41, 5.74) is 1.46. The molecule has 0 aliphatic heterocycles. The molecule has 1 aromatic heterocycles. The fourth-order valence-corrected chi connectivity index (χ4v) is 7.66. The predicted molar refractivity (Wildman–Crippen MR) is 164 cm³/mol. The van der Waals surface area contributed by atoms with Gasteiger partial charge in [-0.05, 0) is 47.5 Å². The zero-order chi connectivity index (χ0) is 32.6. The number of hydrogen-bond donors (Lipinski definition) is 3. The smallest absolute Gasteiger partial charge is 0.418 e. The van der Waals surface area contributed by atoms with E-state index >= 15 is 0 Å². The lowest BCUT2D eigenvalue weighted by molar-refractivity contribution is 0.201. The summed E-state index contributed by atoms with van der Waals surface area (Å²) in [5.74, 6) is -0.363. The van der Waals surface area contributed by atoms with Crippen molar-refractivity contribution in [1.82, 2.24) is 14.3 Å². The molecule has 4 N–H and O–H groups in total. The maximum Gasteiger partial charge on any atom is 0.418 e. The van der Waals surface area contributed by atoms with Crippen LogP contribution in [-0.4, -0.2) is 44.7 Å². The largest absolute Gasteiger partial charge is 0.494 e. The first-order chi connectivity index (χ1) is 20.5. The van der Waals surface area contributed by atoms with Gasteiger partial charge in [0.25, 0.3) is 10.0 Å². The molecule has 0 unspecified atom stereocenters. The Morgan fingerprint density at radius 3 is 2.39 bits per heavy atom. The van der Waals surface area contributed by atoms with Crippen molar-refractivity contribution in [2.24, 2.45) is 5.14 Å². The number of rotatable bonds is 10. The molecule has 11 nitrogen and oxygen atoms in total. The van der Waals surface area contributed by atoms with E-state index in [-0.39, 0.29) is 31.3 Å². The van der Waals surface area contributed by atoms with Crippen molar-refractivity contribution in [3.8, 4) is 11.4 Å². The van der Waals surface area contributed by atoms with Crippen LogP contribution in [0.1, 0.15) is 30.7 Å². The molecule has 0 fully saturated rings. The number of carbonyl (C=O) groups is 1. The second-order valence-corrected chi connectivity index (χ2v) is 14.8. The van der Waals surface area contributed by atoms with Gasteiger partial charge in [0.05, 0.1) is 34.6 Å². The van der Waals surface area contributed by atoms with Gasteiger partial charge in [-0.3, -0.25) is 4.57 Å². The number of imidazole rings is 1. The number of sulfonamides is 2. The number of nitrogens with two attached hydrogens (primary N) is 1. The minimum atomic E-state index is -4.32. The van der Waals surface area contributed by atoms with E-state index in [2.05, 4.69) is 4.98 Å². The van der Waals surface area contributed by atoms with Gasteiger partial charge < -0.3 is 9.84 Å². The van der Waals surface area contributed by atoms with Crippen LogP contribution in [0.2, 0.25) is 10.0 Å². The first kappa shape index (κ1) is 33.6. The molecule has 1 heterocycles. The minimum absolute atomic E-state index is 0.00808. The number of aromatic nitrogens is 2. The number of methoxy groups -OCH3 is 1. The van der Waals surface area contributed by atoms with Crippen LogP contribution in [0.4, 0.5) is 9.18 Å². The van der Waals surface area contributed by atoms with E-state index < -0.39 is 37.4 Å². The molecule has 0 saturated heterocycles. The molecule has 4 rings (SSSR count). The average molecular weight is 704 g/mol. The lowest BCUT2D eigenvalue weighted by atomic mass is 9.81. The van der Waals surface area contributed by atoms with Gasteiger partial charge in [-0.2, -0.15) is 0 Å². The Hall–Kier alpha value is -3.34. The highest BCUT2D eigenvalue weighted by molar-refractivity contribution is 7.98. The number of benzene rings is 3. The van der Waals surface area contributed by atoms with Crippen LogP contribution in [-0.2, 0) is 31.2 Å². The first-order valence-corrected chi connectivity index (χ1v) is 17.1. The summed E-state index contributed by atoms with van der Waals surface area (Å²) in [6, 6.07) is 12.5. The van der Waals surface area contributed by atoms with Crippen LogP contribution in [0.3, 0.4) is 0 Å². The van der Waals surface area contributed by atoms with Crippen molar-refractivity contribution in [3.05, 3.63) is 93.5 Å². The van der Waals surface area contributed by atoms with Crippen LogP contribution >= 0.6 is 35.0 Å². The summed E-state index contributed by atoms with van der Waals surface area (Å²) in [6.45, 7) is 3.75. The predicted octanol–water partition coefficient (Wildman–Crippen LogP) is 5.55. The zero-order valence-electron chi connectivity index (χ0n) is 23.2. The van der Waals surface area contributed by atoms with Crippen molar-refractivity contribution in [1.29, 1.82) is 0 Å². The molecule has 0 spiro atoms. The molecule has 0 aliphatic carbocycles. The monoisotopic (exact) mass is 702 g/mol. The van der Waals surface area contributed by atoms with E-state index in [1.165, 1.54) is 60.0 Å². The highest BCUT2D eigenvalue weighted by atomic mass is 35.5. The maximum atomic E-state index is 14.4. The minimum Gasteiger partial charge on any atom is -0.494 e. The van der Waals surface area contributed by atoms with E-state index in [0.29, 0.717) is 27.7 Å². The third-order valence-electron chi connectivity index (χ3n) is 6.64. The number of halogens is 3. The number of thioether (sulfide) groups is 1. The van der Waals surface area contributed by atoms with E-state index in [1.54, 1.807) is 22.9 Å². The number of ether oxygens (including phenoxy) is 1. The number of nitrogens with zero attached hydrogens (tertiary/aromatic N) is 2. The van der Waals surface area contributed by atoms with Gasteiger partial charge in [0.2, 0.25) is 10.0 Å². The fraction of sp³-hybridized carbons (Fsp3) is 0.185. The fourth-order valence-electron chi connectivity index (χ4n) is 4.31. The van der Waals surface area contributed by atoms with Gasteiger partial charge in [0, 0.05) is 22.3 Å². The molecule has 0 saturated carbocycles. The molecular formula is C27H25Cl2FN4O7S3. The quantitative estimate of drug-likeness (QED) is 0.179. The van der Waals surface area contributed by atoms with Crippen LogP contribution in [0, 0.1) is 5.82 Å². The normalized spacial score (nSPS) is 12.2. The molecular weight excluding hydrogens is 678 g/mol. The van der Waals surface area contributed by atoms with Crippen molar-refractivity contribution < 1.29 is 35.9 Å². The number of hydrogen-bond acceptors (Lipinski definition) is 8. The van der Waals surface area contributed by atoms with Gasteiger partial charge in [-0.25, -0.2) is 40.9 Å². The van der Waals surface area contributed by atoms with Gasteiger partial charge in [0.1, 0.15) is 4.90 Å². The molecule has 1 amide bonds. The van der Waals surface area contributed by atoms with E-state index in [1.807, 2.05) is 13.8 Å². The highest BCUT2D eigenvalue weighted by Gasteiger charge is 2.31. The van der Waals surface area contributed by atoms with Crippen molar-refractivity contribution in [3.63, 3.8) is 0 Å². The van der Waals surface area contributed by atoms with E-state index in [9.17, 15) is 26.0 Å². The van der Waals surface area contributed by atoms with Gasteiger partial charge in [-0.15, -0.1) is 0 Å². The second-order valence-electron chi connectivity index (χ2n) is 9.85. The van der Waals surface area contributed by atoms with Crippen molar-refractivity contribution in [2.45, 2.75) is 40.0 Å². The van der Waals surface area contributed by atoms with Crippen LogP contribution < -0.4 is 14.6 Å². The number of carboxylic acid groups (broad SMARTS) is 1. The third-order valence-corrected chi connectivity index (χ3v) is 10.7. The van der Waals surface area contributed by atoms with Gasteiger partial charge in [0.15, 0.2) is 16.7 Å². The molecule has 4 aromatic rings. The van der Waals surface area contributed by atoms with Gasteiger partial charge >= 0.3 is 6.09 Å². The van der Waals surface area contributed by atoms with Gasteiger partial charge in [-0.1, -0.05) is 60.9 Å². The van der Waals surface area contributed by atoms with E-state index in [0.717, 1.165) is 6.07 Å². The Morgan fingerprint density at radius 1 is 1.09 bits per heavy atom. The average Bonchev–Trinajstić information content (AvgIpc) is 3.36. The molecule has 17 heteroatoms. The summed E-state index contributed by atoms with van der Waals surface area (Å²) < 4.78 is 71.0. The summed E-state index contributed by atoms with van der Waals surface area (Å²) in [6.07, 6.45) is -0.111. The molecule has 0 radical (unpaired) electrons. The SMILES string of the molecule is COc1cc(-n2c(C(C)(C)c3ccc(S(N)(=O)=O)c(Cl)c3)cnc2SCc2ccc(S(=O)(=O)NC(=O)O)cc2Cl)ccc1F. The number of primary sulfonamides is 1. The van der Waals surface area contributed by atoms with Crippen LogP contribution in [0.25, 0.3) is 5.69 Å². The first-order valence-electron chi connectivity index (χ1n) is 12.4. The molecule has 3 aromatic carbocycles. The van der Waals surface area contributed by atoms with Crippen molar-refractivity contribution in [2.75, 3.05) is 7.11 Å². The Balaban J connectivity index is 1.77. The van der Waals surface area contributed by atoms with Crippen molar-refractivity contribution >= 4 is 61.1 Å². The number of amides is 1. The maximum absolute atomic E-state index is 14.4. The summed E-state index contributed by atoms with van der Waals surface area (Å²) in [7, 11) is -7.03. The Bertz CT molecular complexity index is 1990. The molecule has 234 valence electrons. The van der Waals surface area contributed by atoms with E-state index in [4.69, 9.17) is 38.2 Å². The summed E-state index contributed by atoms with van der Waals surface area (Å²) in [5, 5.41) is 14.6. The Kier molecular flexibility index (Phi) is 9.59. The topological polar surface area (TPSA) is 171 Å². The molecule has 0 atom stereocenters. The highest BCUT2D eigenvalue weighted by Crippen LogP contribution is 2.39. The second kappa shape index (κ2) is 12.6. The molecule has 0 aliphatic rings. The van der Waals surface area contributed by atoms with Crippen LogP contribution in [0.15, 0.2) is 75.7 Å². The third kappa shape index (κ3) is 6.98. The number of nitrogens with one attached hydrogen (secondary N) is 1. The van der Waals surface area contributed by atoms with Crippen LogP contribution in [0.5, 0.6) is 5.75 Å². The Labute approximate surface area is 267 Å². The standard InChI is InChI=1S/C27H25Cl2FN4O7S3/c1-27(2,16-5-9-23(20(29)10-16)43(31,37)38)24-13-32-25(34(24)17-6-8-21(30)22(11-17)41-3)42-14-15-4-7-18(12-19(15)28)44(39,40)33-26(35)36/h4-13,33H,14H2,1-3H3,(H,35,36)(H2,31,37,38). The zero-order valence-corrected chi connectivity index (χ0v) is 27.2. The molecule has 0 bridgehead atoms. The lowest BCUT2D eigenvalue weighted by Gasteiger charge is -2.28.